The predicted octanol–water partition coefficient (Wildman–Crippen LogP) is 7.57. The molecule has 2 amide bonds. The van der Waals surface area contributed by atoms with Crippen molar-refractivity contribution in [2.75, 3.05) is 4.90 Å². The van der Waals surface area contributed by atoms with Crippen molar-refractivity contribution in [2.45, 2.75) is 122 Å². The number of imide groups is 1. The number of anilines is 1. The highest BCUT2D eigenvalue weighted by Gasteiger charge is 2.39. The second kappa shape index (κ2) is 13.7. The highest BCUT2D eigenvalue weighted by Crippen LogP contribution is 2.33. The fourth-order valence-electron chi connectivity index (χ4n) is 5.34. The number of rotatable bonds is 16. The van der Waals surface area contributed by atoms with Crippen LogP contribution in [0.3, 0.4) is 0 Å². The van der Waals surface area contributed by atoms with Crippen LogP contribution in [0.1, 0.15) is 132 Å². The lowest BCUT2D eigenvalue weighted by atomic mass is 9.98. The quantitative estimate of drug-likeness (QED) is 0.192. The van der Waals surface area contributed by atoms with Crippen molar-refractivity contribution >= 4 is 23.3 Å². The first-order chi connectivity index (χ1) is 16.1. The first kappa shape index (κ1) is 25.6. The van der Waals surface area contributed by atoms with Gasteiger partial charge in [0.15, 0.2) is 5.78 Å². The summed E-state index contributed by atoms with van der Waals surface area (Å²) in [7, 11) is 0. The number of nitrogens with zero attached hydrogens (tertiary/aromatic N) is 1. The van der Waals surface area contributed by atoms with Gasteiger partial charge >= 0.3 is 0 Å². The number of carbonyl (C=O) groups excluding carboxylic acids is 3. The molecule has 0 radical (unpaired) electrons. The number of hydrogen-bond donors (Lipinski definition) is 0. The fourth-order valence-corrected chi connectivity index (χ4v) is 5.34. The standard InChI is InChI=1S/C29H43NO3/c1-2-3-4-5-6-7-8-9-10-11-12-13-14-15-16-24-21-28(32)30(29(24)33)25-19-17-23-18-20-27(31)26(23)22-25/h17,19,22,24H,2-16,18,20-21H2,1H3/t24-/m0/s1. The van der Waals surface area contributed by atoms with E-state index in [-0.39, 0.29) is 23.5 Å². The summed E-state index contributed by atoms with van der Waals surface area (Å²) in [6.07, 6.45) is 20.8. The molecule has 4 nitrogen and oxygen atoms in total. The Morgan fingerprint density at radius 1 is 0.758 bits per heavy atom. The minimum Gasteiger partial charge on any atom is -0.294 e. The van der Waals surface area contributed by atoms with Gasteiger partial charge < -0.3 is 0 Å². The Bertz CT molecular complexity index is 800. The van der Waals surface area contributed by atoms with Gasteiger partial charge in [0.05, 0.1) is 5.69 Å². The first-order valence-corrected chi connectivity index (χ1v) is 13.6. The van der Waals surface area contributed by atoms with E-state index in [1.165, 1.54) is 81.9 Å². The van der Waals surface area contributed by atoms with Gasteiger partial charge in [0, 0.05) is 24.3 Å². The molecule has 0 saturated carbocycles. The third-order valence-corrected chi connectivity index (χ3v) is 7.42. The number of carbonyl (C=O) groups is 3. The van der Waals surface area contributed by atoms with Crippen molar-refractivity contribution in [2.24, 2.45) is 5.92 Å². The maximum Gasteiger partial charge on any atom is 0.237 e. The van der Waals surface area contributed by atoms with E-state index < -0.39 is 0 Å². The van der Waals surface area contributed by atoms with Crippen molar-refractivity contribution in [3.8, 4) is 0 Å². The minimum absolute atomic E-state index is 0.0832. The SMILES string of the molecule is CCCCCCCCCCCCCCCC[C@H]1CC(=O)N(c2ccc3c(c2)C(=O)CC3)C1=O. The van der Waals surface area contributed by atoms with Crippen LogP contribution in [0.4, 0.5) is 5.69 Å². The molecule has 1 aliphatic heterocycles. The average molecular weight is 454 g/mol. The van der Waals surface area contributed by atoms with Gasteiger partial charge in [0.25, 0.3) is 0 Å². The lowest BCUT2D eigenvalue weighted by Crippen LogP contribution is -2.30. The molecule has 1 aromatic rings. The number of fused-ring (bicyclic) bond motifs is 1. The Morgan fingerprint density at radius 3 is 1.94 bits per heavy atom. The zero-order chi connectivity index (χ0) is 23.5. The highest BCUT2D eigenvalue weighted by molar-refractivity contribution is 6.21. The van der Waals surface area contributed by atoms with Crippen LogP contribution in [0.15, 0.2) is 18.2 Å². The molecule has 2 aliphatic rings. The number of ketones is 1. The number of aryl methyl sites for hydroxylation is 1. The summed E-state index contributed by atoms with van der Waals surface area (Å²) in [5.74, 6) is -0.287. The van der Waals surface area contributed by atoms with E-state index in [1.54, 1.807) is 6.07 Å². The third-order valence-electron chi connectivity index (χ3n) is 7.42. The van der Waals surface area contributed by atoms with Gasteiger partial charge in [-0.1, -0.05) is 103 Å². The second-order valence-electron chi connectivity index (χ2n) is 10.1. The Morgan fingerprint density at radius 2 is 1.33 bits per heavy atom. The smallest absolute Gasteiger partial charge is 0.237 e. The van der Waals surface area contributed by atoms with Crippen LogP contribution in [0, 0.1) is 5.92 Å². The fraction of sp³-hybridized carbons (Fsp3) is 0.690. The van der Waals surface area contributed by atoms with E-state index in [2.05, 4.69) is 6.92 Å². The maximum absolute atomic E-state index is 12.9. The van der Waals surface area contributed by atoms with Crippen LogP contribution in [-0.4, -0.2) is 17.6 Å². The topological polar surface area (TPSA) is 54.5 Å². The Labute approximate surface area is 200 Å². The van der Waals surface area contributed by atoms with Crippen molar-refractivity contribution in [1.82, 2.24) is 0 Å². The molecule has 0 bridgehead atoms. The van der Waals surface area contributed by atoms with Crippen molar-refractivity contribution in [1.29, 1.82) is 0 Å². The Kier molecular flexibility index (Phi) is 10.6. The van der Waals surface area contributed by atoms with Gasteiger partial charge in [-0.25, -0.2) is 0 Å². The molecule has 1 heterocycles. The largest absolute Gasteiger partial charge is 0.294 e. The monoisotopic (exact) mass is 453 g/mol. The summed E-state index contributed by atoms with van der Waals surface area (Å²) in [4.78, 5) is 38.8. The van der Waals surface area contributed by atoms with E-state index in [4.69, 9.17) is 0 Å². The normalized spacial score (nSPS) is 17.9. The summed E-state index contributed by atoms with van der Waals surface area (Å²) < 4.78 is 0. The molecule has 0 aromatic heterocycles. The number of amides is 2. The molecule has 0 spiro atoms. The van der Waals surface area contributed by atoms with Crippen molar-refractivity contribution in [3.63, 3.8) is 0 Å². The molecule has 0 N–H and O–H groups in total. The van der Waals surface area contributed by atoms with Gasteiger partial charge in [-0.15, -0.1) is 0 Å². The lowest BCUT2D eigenvalue weighted by Gasteiger charge is -2.16. The summed E-state index contributed by atoms with van der Waals surface area (Å²) >= 11 is 0. The van der Waals surface area contributed by atoms with Crippen LogP contribution in [0.25, 0.3) is 0 Å². The zero-order valence-electron chi connectivity index (χ0n) is 20.7. The average Bonchev–Trinajstić information content (AvgIpc) is 3.32. The van der Waals surface area contributed by atoms with Crippen LogP contribution >= 0.6 is 0 Å². The minimum atomic E-state index is -0.196. The van der Waals surface area contributed by atoms with Crippen LogP contribution in [-0.2, 0) is 16.0 Å². The molecule has 33 heavy (non-hydrogen) atoms. The van der Waals surface area contributed by atoms with Crippen LogP contribution < -0.4 is 4.90 Å². The molecule has 3 rings (SSSR count). The number of unbranched alkanes of at least 4 members (excludes halogenated alkanes) is 13. The lowest BCUT2D eigenvalue weighted by molar-refractivity contribution is -0.122. The third kappa shape index (κ3) is 7.52. The van der Waals surface area contributed by atoms with Gasteiger partial charge in [-0.05, 0) is 30.5 Å². The van der Waals surface area contributed by atoms with E-state index in [0.717, 1.165) is 31.2 Å². The van der Waals surface area contributed by atoms with E-state index >= 15 is 0 Å². The molecule has 1 aliphatic carbocycles. The van der Waals surface area contributed by atoms with E-state index in [9.17, 15) is 14.4 Å². The maximum atomic E-state index is 12.9. The summed E-state index contributed by atoms with van der Waals surface area (Å²) in [6, 6.07) is 5.47. The molecule has 1 saturated heterocycles. The van der Waals surface area contributed by atoms with Crippen LogP contribution in [0.5, 0.6) is 0 Å². The van der Waals surface area contributed by atoms with Gasteiger partial charge in [0.1, 0.15) is 0 Å². The summed E-state index contributed by atoms with van der Waals surface area (Å²) in [5, 5.41) is 0. The van der Waals surface area contributed by atoms with Crippen molar-refractivity contribution in [3.05, 3.63) is 29.3 Å². The first-order valence-electron chi connectivity index (χ1n) is 13.6. The molecular formula is C29H43NO3. The predicted molar refractivity (Wildman–Crippen MR) is 135 cm³/mol. The van der Waals surface area contributed by atoms with E-state index in [0.29, 0.717) is 24.1 Å². The van der Waals surface area contributed by atoms with Gasteiger partial charge in [-0.2, -0.15) is 0 Å². The molecule has 182 valence electrons. The number of benzene rings is 1. The number of hydrogen-bond acceptors (Lipinski definition) is 3. The summed E-state index contributed by atoms with van der Waals surface area (Å²) in [6.45, 7) is 2.27. The van der Waals surface area contributed by atoms with Gasteiger partial charge in [-0.3, -0.25) is 19.3 Å². The highest BCUT2D eigenvalue weighted by atomic mass is 16.2. The molecule has 1 aromatic carbocycles. The Balaban J connectivity index is 1.26. The Hall–Kier alpha value is -1.97. The zero-order valence-corrected chi connectivity index (χ0v) is 20.7. The molecular weight excluding hydrogens is 410 g/mol. The molecule has 0 unspecified atom stereocenters. The molecule has 1 fully saturated rings. The van der Waals surface area contributed by atoms with Crippen LogP contribution in [0.2, 0.25) is 0 Å². The van der Waals surface area contributed by atoms with E-state index in [1.807, 2.05) is 12.1 Å². The van der Waals surface area contributed by atoms with Crippen molar-refractivity contribution < 1.29 is 14.4 Å². The number of Topliss-reactive ketones (excluding diaryl/α,β-unsaturated/α-hetero) is 1. The van der Waals surface area contributed by atoms with Gasteiger partial charge in [0.2, 0.25) is 11.8 Å². The summed E-state index contributed by atoms with van der Waals surface area (Å²) in [5.41, 5.74) is 2.28. The molecule has 1 atom stereocenters. The molecule has 4 heteroatoms. The second-order valence-corrected chi connectivity index (χ2v) is 10.1.